The fourth-order valence-electron chi connectivity index (χ4n) is 1.80. The van der Waals surface area contributed by atoms with Crippen molar-refractivity contribution in [1.82, 2.24) is 9.97 Å². The summed E-state index contributed by atoms with van der Waals surface area (Å²) < 4.78 is 0. The first kappa shape index (κ1) is 12.2. The third-order valence-corrected chi connectivity index (χ3v) is 2.61. The van der Waals surface area contributed by atoms with Gasteiger partial charge in [0.1, 0.15) is 11.6 Å². The van der Waals surface area contributed by atoms with E-state index < -0.39 is 0 Å². The van der Waals surface area contributed by atoms with Gasteiger partial charge in [-0.2, -0.15) is 9.97 Å². The van der Waals surface area contributed by atoms with E-state index in [0.717, 1.165) is 5.69 Å². The van der Waals surface area contributed by atoms with Crippen LogP contribution in [0.4, 0.5) is 23.3 Å². The Bertz CT molecular complexity index is 531. The van der Waals surface area contributed by atoms with Crippen LogP contribution in [0.5, 0.6) is 0 Å². The molecule has 18 heavy (non-hydrogen) atoms. The Balaban J connectivity index is 2.34. The summed E-state index contributed by atoms with van der Waals surface area (Å²) in [7, 11) is 0. The van der Waals surface area contributed by atoms with E-state index in [-0.39, 0.29) is 5.95 Å². The van der Waals surface area contributed by atoms with Crippen LogP contribution >= 0.6 is 0 Å². The average molecular weight is 243 g/mol. The van der Waals surface area contributed by atoms with Crippen molar-refractivity contribution in [3.05, 3.63) is 35.9 Å². The Morgan fingerprint density at radius 3 is 2.50 bits per heavy atom. The van der Waals surface area contributed by atoms with Crippen LogP contribution in [-0.4, -0.2) is 9.97 Å². The van der Waals surface area contributed by atoms with Crippen LogP contribution in [0.15, 0.2) is 30.3 Å². The molecule has 1 aromatic carbocycles. The lowest BCUT2D eigenvalue weighted by Crippen LogP contribution is -2.04. The van der Waals surface area contributed by atoms with Gasteiger partial charge >= 0.3 is 0 Å². The van der Waals surface area contributed by atoms with Gasteiger partial charge in [0.05, 0.1) is 0 Å². The lowest BCUT2D eigenvalue weighted by molar-refractivity contribution is 0.869. The standard InChI is InChI=1S/C13H17N5/c1-8(2)9-5-3-4-6-10(9)16-12-7-11(14)17-13(15)18-12/h3-8H,1-2H3,(H5,14,15,16,17,18). The van der Waals surface area contributed by atoms with Crippen LogP contribution in [0, 0.1) is 0 Å². The predicted octanol–water partition coefficient (Wildman–Crippen LogP) is 2.51. The summed E-state index contributed by atoms with van der Waals surface area (Å²) in [5.41, 5.74) is 13.4. The fraction of sp³-hybridized carbons (Fsp3) is 0.231. The highest BCUT2D eigenvalue weighted by Gasteiger charge is 2.07. The van der Waals surface area contributed by atoms with Gasteiger partial charge in [-0.1, -0.05) is 32.0 Å². The van der Waals surface area contributed by atoms with Crippen molar-refractivity contribution < 1.29 is 0 Å². The summed E-state index contributed by atoms with van der Waals surface area (Å²) in [6.45, 7) is 4.28. The Labute approximate surface area is 106 Å². The normalized spacial score (nSPS) is 10.6. The molecule has 0 saturated carbocycles. The van der Waals surface area contributed by atoms with Crippen molar-refractivity contribution in [3.63, 3.8) is 0 Å². The quantitative estimate of drug-likeness (QED) is 0.770. The molecule has 0 saturated heterocycles. The van der Waals surface area contributed by atoms with Gasteiger partial charge in [0.2, 0.25) is 5.95 Å². The Hall–Kier alpha value is -2.30. The van der Waals surface area contributed by atoms with Crippen molar-refractivity contribution in [2.45, 2.75) is 19.8 Å². The van der Waals surface area contributed by atoms with E-state index in [4.69, 9.17) is 11.5 Å². The smallest absolute Gasteiger partial charge is 0.223 e. The maximum Gasteiger partial charge on any atom is 0.223 e. The summed E-state index contributed by atoms with van der Waals surface area (Å²) in [6.07, 6.45) is 0. The number of anilines is 4. The largest absolute Gasteiger partial charge is 0.383 e. The number of aromatic nitrogens is 2. The second kappa shape index (κ2) is 4.91. The molecule has 0 amide bonds. The lowest BCUT2D eigenvalue weighted by Gasteiger charge is -2.14. The summed E-state index contributed by atoms with van der Waals surface area (Å²) in [5.74, 6) is 1.55. The first-order valence-corrected chi connectivity index (χ1v) is 5.82. The molecule has 0 spiro atoms. The number of hydrogen-bond acceptors (Lipinski definition) is 5. The van der Waals surface area contributed by atoms with Crippen molar-refractivity contribution in [2.75, 3.05) is 16.8 Å². The van der Waals surface area contributed by atoms with E-state index in [0.29, 0.717) is 17.6 Å². The third kappa shape index (κ3) is 2.68. The molecule has 2 aromatic rings. The molecule has 2 rings (SSSR count). The summed E-state index contributed by atoms with van der Waals surface area (Å²) >= 11 is 0. The zero-order valence-electron chi connectivity index (χ0n) is 10.5. The van der Waals surface area contributed by atoms with Crippen LogP contribution in [-0.2, 0) is 0 Å². The van der Waals surface area contributed by atoms with E-state index in [1.807, 2.05) is 18.2 Å². The molecular weight excluding hydrogens is 226 g/mol. The highest BCUT2D eigenvalue weighted by molar-refractivity contribution is 5.63. The molecule has 1 heterocycles. The summed E-state index contributed by atoms with van der Waals surface area (Å²) in [6, 6.07) is 9.74. The van der Waals surface area contributed by atoms with Gasteiger partial charge < -0.3 is 16.8 Å². The van der Waals surface area contributed by atoms with Crippen LogP contribution < -0.4 is 16.8 Å². The van der Waals surface area contributed by atoms with Gasteiger partial charge in [-0.15, -0.1) is 0 Å². The molecule has 0 atom stereocenters. The molecule has 0 bridgehead atoms. The number of nitrogens with zero attached hydrogens (tertiary/aromatic N) is 2. The number of nitrogens with two attached hydrogens (primary N) is 2. The summed E-state index contributed by atoms with van der Waals surface area (Å²) in [4.78, 5) is 7.94. The van der Waals surface area contributed by atoms with Gasteiger partial charge in [-0.05, 0) is 17.5 Å². The van der Waals surface area contributed by atoms with E-state index in [2.05, 4.69) is 35.2 Å². The topological polar surface area (TPSA) is 89.8 Å². The molecule has 94 valence electrons. The Morgan fingerprint density at radius 2 is 1.83 bits per heavy atom. The van der Waals surface area contributed by atoms with Crippen molar-refractivity contribution in [3.8, 4) is 0 Å². The van der Waals surface area contributed by atoms with E-state index in [1.54, 1.807) is 6.07 Å². The highest BCUT2D eigenvalue weighted by atomic mass is 15.1. The number of rotatable bonds is 3. The minimum absolute atomic E-state index is 0.166. The molecule has 1 aromatic heterocycles. The number of nitrogens with one attached hydrogen (secondary N) is 1. The SMILES string of the molecule is CC(C)c1ccccc1Nc1cc(N)nc(N)n1. The Morgan fingerprint density at radius 1 is 1.11 bits per heavy atom. The zero-order chi connectivity index (χ0) is 13.1. The predicted molar refractivity (Wildman–Crippen MR) is 74.7 cm³/mol. The van der Waals surface area contributed by atoms with Gasteiger partial charge in [-0.25, -0.2) is 0 Å². The second-order valence-electron chi connectivity index (χ2n) is 4.40. The molecular formula is C13H17N5. The number of para-hydroxylation sites is 1. The maximum absolute atomic E-state index is 5.64. The van der Waals surface area contributed by atoms with Crippen LogP contribution in [0.1, 0.15) is 25.3 Å². The van der Waals surface area contributed by atoms with Crippen molar-refractivity contribution >= 4 is 23.3 Å². The number of benzene rings is 1. The van der Waals surface area contributed by atoms with E-state index >= 15 is 0 Å². The third-order valence-electron chi connectivity index (χ3n) is 2.61. The number of hydrogen-bond donors (Lipinski definition) is 3. The average Bonchev–Trinajstić information content (AvgIpc) is 2.27. The molecule has 0 aliphatic carbocycles. The van der Waals surface area contributed by atoms with Gasteiger partial charge in [0.25, 0.3) is 0 Å². The van der Waals surface area contributed by atoms with Crippen LogP contribution in [0.2, 0.25) is 0 Å². The fourth-order valence-corrected chi connectivity index (χ4v) is 1.80. The molecule has 5 nitrogen and oxygen atoms in total. The zero-order valence-corrected chi connectivity index (χ0v) is 10.5. The van der Waals surface area contributed by atoms with E-state index in [1.165, 1.54) is 5.56 Å². The minimum Gasteiger partial charge on any atom is -0.383 e. The molecule has 0 unspecified atom stereocenters. The highest BCUT2D eigenvalue weighted by Crippen LogP contribution is 2.26. The molecule has 0 aliphatic rings. The van der Waals surface area contributed by atoms with Crippen LogP contribution in [0.25, 0.3) is 0 Å². The van der Waals surface area contributed by atoms with Crippen molar-refractivity contribution in [2.24, 2.45) is 0 Å². The second-order valence-corrected chi connectivity index (χ2v) is 4.40. The monoisotopic (exact) mass is 243 g/mol. The molecule has 0 fully saturated rings. The van der Waals surface area contributed by atoms with Gasteiger partial charge in [0.15, 0.2) is 0 Å². The first-order valence-electron chi connectivity index (χ1n) is 5.82. The van der Waals surface area contributed by atoms with Crippen molar-refractivity contribution in [1.29, 1.82) is 0 Å². The molecule has 5 heteroatoms. The van der Waals surface area contributed by atoms with E-state index in [9.17, 15) is 0 Å². The minimum atomic E-state index is 0.166. The summed E-state index contributed by atoms with van der Waals surface area (Å²) in [5, 5.41) is 3.22. The Kier molecular flexibility index (Phi) is 3.32. The van der Waals surface area contributed by atoms with Gasteiger partial charge in [0, 0.05) is 11.8 Å². The van der Waals surface area contributed by atoms with Crippen LogP contribution in [0.3, 0.4) is 0 Å². The molecule has 0 aliphatic heterocycles. The maximum atomic E-state index is 5.64. The molecule has 5 N–H and O–H groups in total. The first-order chi connectivity index (χ1) is 8.56. The number of nitrogen functional groups attached to an aromatic ring is 2. The van der Waals surface area contributed by atoms with Gasteiger partial charge in [-0.3, -0.25) is 0 Å². The lowest BCUT2D eigenvalue weighted by atomic mass is 10.0. The molecule has 0 radical (unpaired) electrons.